The van der Waals surface area contributed by atoms with Crippen LogP contribution in [-0.2, 0) is 4.79 Å². The van der Waals surface area contributed by atoms with E-state index in [0.717, 1.165) is 0 Å². The van der Waals surface area contributed by atoms with Crippen LogP contribution in [0.3, 0.4) is 0 Å². The molecule has 0 aromatic heterocycles. The summed E-state index contributed by atoms with van der Waals surface area (Å²) in [5, 5.41) is 3.53. The molecule has 4 N–H and O–H groups in total. The zero-order chi connectivity index (χ0) is 17.1. The second-order valence-corrected chi connectivity index (χ2v) is 6.32. The second kappa shape index (κ2) is 6.82. The summed E-state index contributed by atoms with van der Waals surface area (Å²) in [4.78, 5) is 25.1. The molecule has 128 valence electrons. The van der Waals surface area contributed by atoms with Crippen LogP contribution in [0, 0.1) is 5.41 Å². The molecule has 1 heterocycles. The predicted molar refractivity (Wildman–Crippen MR) is 75.0 cm³/mol. The lowest BCUT2D eigenvalue weighted by Crippen LogP contribution is -2.58. The summed E-state index contributed by atoms with van der Waals surface area (Å²) in [6.07, 6.45) is -3.80. The van der Waals surface area contributed by atoms with Crippen molar-refractivity contribution in [1.82, 2.24) is 15.5 Å². The maximum absolute atomic E-state index is 12.0. The highest BCUT2D eigenvalue weighted by molar-refractivity contribution is 5.96. The molecule has 0 radical (unpaired) electrons. The highest BCUT2D eigenvalue weighted by Gasteiger charge is 2.37. The number of carbonyl (C=O) groups is 2. The lowest BCUT2D eigenvalue weighted by atomic mass is 9.79. The van der Waals surface area contributed by atoms with E-state index in [4.69, 9.17) is 5.73 Å². The molecule has 0 bridgehead atoms. The lowest BCUT2D eigenvalue weighted by Gasteiger charge is -2.44. The van der Waals surface area contributed by atoms with Crippen LogP contribution in [-0.4, -0.2) is 54.7 Å². The van der Waals surface area contributed by atoms with Crippen molar-refractivity contribution in [2.24, 2.45) is 11.1 Å². The Bertz CT molecular complexity index is 426. The molecule has 2 unspecified atom stereocenters. The minimum atomic E-state index is -4.51. The summed E-state index contributed by atoms with van der Waals surface area (Å²) in [7, 11) is 0. The van der Waals surface area contributed by atoms with Gasteiger partial charge in [0.2, 0.25) is 5.91 Å². The number of likely N-dealkylation sites (tertiary alicyclic amines) is 1. The molecule has 22 heavy (non-hydrogen) atoms. The van der Waals surface area contributed by atoms with Gasteiger partial charge >= 0.3 is 12.2 Å². The Morgan fingerprint density at radius 1 is 1.41 bits per heavy atom. The molecule has 0 spiro atoms. The zero-order valence-corrected chi connectivity index (χ0v) is 13.0. The minimum Gasteiger partial charge on any atom is -0.329 e. The van der Waals surface area contributed by atoms with Crippen molar-refractivity contribution in [3.63, 3.8) is 0 Å². The summed E-state index contributed by atoms with van der Waals surface area (Å²) in [6, 6.07) is -1.75. The molecule has 1 rings (SSSR count). The molecule has 3 amide bonds. The molecule has 1 fully saturated rings. The quantitative estimate of drug-likeness (QED) is 0.717. The van der Waals surface area contributed by atoms with E-state index in [1.165, 1.54) is 0 Å². The van der Waals surface area contributed by atoms with Crippen molar-refractivity contribution in [1.29, 1.82) is 0 Å². The molecule has 6 nitrogen and oxygen atoms in total. The molecule has 9 heteroatoms. The molecule has 0 aliphatic carbocycles. The van der Waals surface area contributed by atoms with Crippen molar-refractivity contribution in [2.75, 3.05) is 19.6 Å². The van der Waals surface area contributed by atoms with E-state index >= 15 is 0 Å². The van der Waals surface area contributed by atoms with E-state index in [1.54, 1.807) is 12.2 Å². The van der Waals surface area contributed by atoms with Crippen LogP contribution in [0.4, 0.5) is 18.0 Å². The number of piperidine rings is 1. The van der Waals surface area contributed by atoms with Gasteiger partial charge in [0.25, 0.3) is 0 Å². The third-order valence-corrected chi connectivity index (χ3v) is 3.95. The van der Waals surface area contributed by atoms with Gasteiger partial charge in [-0.25, -0.2) is 4.79 Å². The van der Waals surface area contributed by atoms with Crippen molar-refractivity contribution < 1.29 is 22.8 Å². The van der Waals surface area contributed by atoms with Crippen molar-refractivity contribution >= 4 is 11.9 Å². The Morgan fingerprint density at radius 2 is 2.00 bits per heavy atom. The molecular formula is C13H23F3N4O2. The number of hydrogen-bond acceptors (Lipinski definition) is 4. The molecule has 2 atom stereocenters. The third-order valence-electron chi connectivity index (χ3n) is 3.95. The number of hydrogen-bond donors (Lipinski definition) is 3. The van der Waals surface area contributed by atoms with Gasteiger partial charge in [0, 0.05) is 19.1 Å². The summed E-state index contributed by atoms with van der Waals surface area (Å²) in [6.45, 7) is 5.29. The Hall–Kier alpha value is -1.35. The number of amides is 3. The van der Waals surface area contributed by atoms with Gasteiger partial charge in [-0.3, -0.25) is 15.0 Å². The molecular weight excluding hydrogens is 301 g/mol. The number of imide groups is 1. The number of alkyl halides is 3. The van der Waals surface area contributed by atoms with Crippen LogP contribution in [0.2, 0.25) is 0 Å². The number of carbonyl (C=O) groups excluding carboxylic acids is 2. The van der Waals surface area contributed by atoms with E-state index < -0.39 is 30.7 Å². The topological polar surface area (TPSA) is 87.5 Å². The molecule has 1 aliphatic rings. The van der Waals surface area contributed by atoms with Crippen LogP contribution in [0.25, 0.3) is 0 Å². The maximum atomic E-state index is 12.0. The fourth-order valence-electron chi connectivity index (χ4n) is 2.35. The van der Waals surface area contributed by atoms with Crippen molar-refractivity contribution in [3.05, 3.63) is 0 Å². The summed E-state index contributed by atoms with van der Waals surface area (Å²) < 4.78 is 35.9. The largest absolute Gasteiger partial charge is 0.405 e. The Morgan fingerprint density at radius 3 is 2.50 bits per heavy atom. The highest BCUT2D eigenvalue weighted by atomic mass is 19.4. The molecule has 1 saturated heterocycles. The predicted octanol–water partition coefficient (Wildman–Crippen LogP) is 0.822. The van der Waals surface area contributed by atoms with Gasteiger partial charge in [0.1, 0.15) is 6.54 Å². The number of halogens is 3. The SMILES string of the molecule is CC(C(=O)NC(=O)NCC(F)(F)F)N1CCC(N)C(C)(C)C1. The average molecular weight is 324 g/mol. The van der Waals surface area contributed by atoms with E-state index in [2.05, 4.69) is 0 Å². The normalized spacial score (nSPS) is 23.7. The summed E-state index contributed by atoms with van der Waals surface area (Å²) in [5.74, 6) is -0.633. The van der Waals surface area contributed by atoms with E-state index in [-0.39, 0.29) is 11.5 Å². The monoisotopic (exact) mass is 324 g/mol. The molecule has 0 aromatic carbocycles. The molecule has 1 aliphatic heterocycles. The van der Waals surface area contributed by atoms with E-state index in [0.29, 0.717) is 19.5 Å². The van der Waals surface area contributed by atoms with E-state index in [1.807, 2.05) is 24.1 Å². The number of nitrogens with one attached hydrogen (secondary N) is 2. The maximum Gasteiger partial charge on any atom is 0.405 e. The Kier molecular flexibility index (Phi) is 5.80. The van der Waals surface area contributed by atoms with Gasteiger partial charge in [-0.05, 0) is 18.8 Å². The Labute approximate surface area is 127 Å². The van der Waals surface area contributed by atoms with Crippen molar-refractivity contribution in [3.8, 4) is 0 Å². The summed E-state index contributed by atoms with van der Waals surface area (Å²) in [5.41, 5.74) is 5.84. The first-order valence-corrected chi connectivity index (χ1v) is 7.07. The Balaban J connectivity index is 2.50. The number of urea groups is 1. The fraction of sp³-hybridized carbons (Fsp3) is 0.846. The van der Waals surface area contributed by atoms with Gasteiger partial charge in [-0.2, -0.15) is 13.2 Å². The second-order valence-electron chi connectivity index (χ2n) is 6.32. The highest BCUT2D eigenvalue weighted by Crippen LogP contribution is 2.28. The lowest BCUT2D eigenvalue weighted by molar-refractivity contribution is -0.127. The van der Waals surface area contributed by atoms with Crippen LogP contribution >= 0.6 is 0 Å². The van der Waals surface area contributed by atoms with Crippen LogP contribution < -0.4 is 16.4 Å². The fourth-order valence-corrected chi connectivity index (χ4v) is 2.35. The van der Waals surface area contributed by atoms with Crippen molar-refractivity contribution in [2.45, 2.75) is 45.5 Å². The van der Waals surface area contributed by atoms with Gasteiger partial charge in [-0.1, -0.05) is 13.8 Å². The molecule has 0 aromatic rings. The number of rotatable bonds is 3. The first kappa shape index (κ1) is 18.7. The smallest absolute Gasteiger partial charge is 0.329 e. The van der Waals surface area contributed by atoms with Gasteiger partial charge < -0.3 is 11.1 Å². The van der Waals surface area contributed by atoms with Gasteiger partial charge in [0.05, 0.1) is 6.04 Å². The van der Waals surface area contributed by atoms with Crippen LogP contribution in [0.5, 0.6) is 0 Å². The standard InChI is InChI=1S/C13H23F3N4O2/c1-8(20-5-4-9(17)12(2,3)7-20)10(21)19-11(22)18-6-13(14,15)16/h8-9H,4-7,17H2,1-3H3,(H2,18,19,21,22). The summed E-state index contributed by atoms with van der Waals surface area (Å²) >= 11 is 0. The first-order valence-electron chi connectivity index (χ1n) is 7.07. The zero-order valence-electron chi connectivity index (χ0n) is 13.0. The van der Waals surface area contributed by atoms with E-state index in [9.17, 15) is 22.8 Å². The number of nitrogens with zero attached hydrogens (tertiary/aromatic N) is 1. The molecule has 0 saturated carbocycles. The minimum absolute atomic E-state index is 0.0223. The van der Waals surface area contributed by atoms with Crippen LogP contribution in [0.1, 0.15) is 27.2 Å². The third kappa shape index (κ3) is 5.45. The average Bonchev–Trinajstić information content (AvgIpc) is 2.37. The van der Waals surface area contributed by atoms with Crippen LogP contribution in [0.15, 0.2) is 0 Å². The van der Waals surface area contributed by atoms with Gasteiger partial charge in [-0.15, -0.1) is 0 Å². The van der Waals surface area contributed by atoms with Gasteiger partial charge in [0.15, 0.2) is 0 Å². The first-order chi connectivity index (χ1) is 9.92. The number of nitrogens with two attached hydrogens (primary N) is 1.